The first-order chi connectivity index (χ1) is 15.9. The molecule has 0 saturated carbocycles. The number of aryl methyl sites for hydroxylation is 1. The van der Waals surface area contributed by atoms with Crippen molar-refractivity contribution in [1.29, 1.82) is 0 Å². The number of fused-ring (bicyclic) bond motifs is 1. The molecule has 166 valence electrons. The fraction of sp³-hybridized carbons (Fsp3) is 0.125. The van der Waals surface area contributed by atoms with Crippen molar-refractivity contribution in [2.75, 3.05) is 5.32 Å². The highest BCUT2D eigenvalue weighted by molar-refractivity contribution is 6.31. The number of amides is 1. The van der Waals surface area contributed by atoms with Gasteiger partial charge in [-0.15, -0.1) is 5.10 Å². The summed E-state index contributed by atoms with van der Waals surface area (Å²) in [7, 11) is 0. The van der Waals surface area contributed by atoms with Crippen LogP contribution in [0.5, 0.6) is 0 Å². The maximum atomic E-state index is 13.0. The van der Waals surface area contributed by atoms with E-state index in [0.29, 0.717) is 27.2 Å². The normalized spacial score (nSPS) is 11.7. The second kappa shape index (κ2) is 9.62. The highest BCUT2D eigenvalue weighted by atomic mass is 35.5. The fourth-order valence-corrected chi connectivity index (χ4v) is 3.38. The molecule has 3 aromatic carbocycles. The summed E-state index contributed by atoms with van der Waals surface area (Å²) in [4.78, 5) is 38.3. The van der Waals surface area contributed by atoms with Gasteiger partial charge in [-0.25, -0.2) is 0 Å². The molecule has 0 saturated heterocycles. The van der Waals surface area contributed by atoms with Crippen molar-refractivity contribution in [3.8, 4) is 0 Å². The Balaban J connectivity index is 1.56. The number of nitrogens with zero attached hydrogens (tertiary/aromatic N) is 3. The molecule has 4 rings (SSSR count). The van der Waals surface area contributed by atoms with Crippen LogP contribution in [0.3, 0.4) is 0 Å². The molecule has 1 N–H and O–H groups in total. The van der Waals surface area contributed by atoms with Crippen LogP contribution in [0.4, 0.5) is 5.69 Å². The summed E-state index contributed by atoms with van der Waals surface area (Å²) < 4.78 is 6.39. The van der Waals surface area contributed by atoms with Gasteiger partial charge in [0.25, 0.3) is 11.5 Å². The third-order valence-electron chi connectivity index (χ3n) is 4.94. The van der Waals surface area contributed by atoms with Gasteiger partial charge in [-0.3, -0.25) is 14.4 Å². The number of benzene rings is 3. The van der Waals surface area contributed by atoms with Gasteiger partial charge < -0.3 is 10.1 Å². The van der Waals surface area contributed by atoms with E-state index in [4.69, 9.17) is 16.3 Å². The third-order valence-corrected chi connectivity index (χ3v) is 5.34. The van der Waals surface area contributed by atoms with Gasteiger partial charge in [-0.1, -0.05) is 65.3 Å². The number of halogens is 1. The van der Waals surface area contributed by atoms with E-state index in [1.807, 2.05) is 6.92 Å². The first-order valence-corrected chi connectivity index (χ1v) is 10.4. The maximum Gasteiger partial charge on any atom is 0.329 e. The Morgan fingerprint density at radius 3 is 2.55 bits per heavy atom. The summed E-state index contributed by atoms with van der Waals surface area (Å²) in [5, 5.41) is 11.3. The monoisotopic (exact) mass is 462 g/mol. The Kier molecular flexibility index (Phi) is 6.46. The molecule has 0 bridgehead atoms. The van der Waals surface area contributed by atoms with Gasteiger partial charge >= 0.3 is 5.97 Å². The number of esters is 1. The van der Waals surface area contributed by atoms with E-state index in [1.54, 1.807) is 72.8 Å². The molecule has 0 radical (unpaired) electrons. The summed E-state index contributed by atoms with van der Waals surface area (Å²) in [5.41, 5.74) is 1.74. The lowest BCUT2D eigenvalue weighted by molar-refractivity contribution is -0.155. The number of rotatable bonds is 6. The highest BCUT2D eigenvalue weighted by Crippen LogP contribution is 2.23. The van der Waals surface area contributed by atoms with Crippen molar-refractivity contribution in [3.05, 3.63) is 99.3 Å². The molecule has 0 aliphatic carbocycles. The molecule has 1 atom stereocenters. The van der Waals surface area contributed by atoms with Crippen molar-refractivity contribution in [2.24, 2.45) is 0 Å². The molecule has 1 aromatic heterocycles. The zero-order chi connectivity index (χ0) is 23.4. The van der Waals surface area contributed by atoms with Gasteiger partial charge in [0.2, 0.25) is 6.10 Å². The third kappa shape index (κ3) is 5.07. The maximum absolute atomic E-state index is 13.0. The Bertz CT molecular complexity index is 1390. The second-order valence-electron chi connectivity index (χ2n) is 7.30. The molecule has 8 nitrogen and oxygen atoms in total. The molecule has 0 spiro atoms. The average molecular weight is 463 g/mol. The van der Waals surface area contributed by atoms with E-state index in [1.165, 1.54) is 0 Å². The Morgan fingerprint density at radius 2 is 1.79 bits per heavy atom. The first-order valence-electron chi connectivity index (χ1n) is 10.1. The molecular formula is C24H19ClN4O4. The van der Waals surface area contributed by atoms with Crippen molar-refractivity contribution in [1.82, 2.24) is 15.0 Å². The van der Waals surface area contributed by atoms with Gasteiger partial charge in [0.15, 0.2) is 0 Å². The van der Waals surface area contributed by atoms with Gasteiger partial charge in [-0.2, -0.15) is 4.68 Å². The molecule has 1 unspecified atom stereocenters. The molecule has 1 amide bonds. The smallest absolute Gasteiger partial charge is 0.329 e. The van der Waals surface area contributed by atoms with Gasteiger partial charge in [0.05, 0.1) is 5.39 Å². The van der Waals surface area contributed by atoms with Crippen LogP contribution in [-0.4, -0.2) is 26.9 Å². The molecule has 0 fully saturated rings. The van der Waals surface area contributed by atoms with E-state index in [0.717, 1.165) is 10.2 Å². The summed E-state index contributed by atoms with van der Waals surface area (Å²) >= 11 is 6.14. The molecule has 0 aliphatic heterocycles. The summed E-state index contributed by atoms with van der Waals surface area (Å²) in [6.45, 7) is 1.35. The van der Waals surface area contributed by atoms with E-state index in [2.05, 4.69) is 15.6 Å². The van der Waals surface area contributed by atoms with Gasteiger partial charge in [0, 0.05) is 16.3 Å². The van der Waals surface area contributed by atoms with Crippen molar-refractivity contribution in [2.45, 2.75) is 19.6 Å². The van der Waals surface area contributed by atoms with E-state index in [9.17, 15) is 14.4 Å². The van der Waals surface area contributed by atoms with Crippen LogP contribution in [0.15, 0.2) is 77.6 Å². The topological polar surface area (TPSA) is 103 Å². The van der Waals surface area contributed by atoms with Crippen LogP contribution < -0.4 is 10.9 Å². The van der Waals surface area contributed by atoms with Gasteiger partial charge in [-0.05, 0) is 36.8 Å². The van der Waals surface area contributed by atoms with Crippen molar-refractivity contribution in [3.63, 3.8) is 0 Å². The Morgan fingerprint density at radius 1 is 1.06 bits per heavy atom. The second-order valence-corrected chi connectivity index (χ2v) is 7.71. The minimum atomic E-state index is -1.25. The van der Waals surface area contributed by atoms with Crippen LogP contribution in [0.1, 0.15) is 17.2 Å². The number of anilines is 1. The molecule has 4 aromatic rings. The number of carbonyl (C=O) groups excluding carboxylic acids is 2. The summed E-state index contributed by atoms with van der Waals surface area (Å²) in [6.07, 6.45) is -1.25. The van der Waals surface area contributed by atoms with E-state index < -0.39 is 30.1 Å². The zero-order valence-corrected chi connectivity index (χ0v) is 18.3. The summed E-state index contributed by atoms with van der Waals surface area (Å²) in [5.74, 6) is -1.38. The number of nitrogens with one attached hydrogen (secondary N) is 1. The van der Waals surface area contributed by atoms with E-state index >= 15 is 0 Å². The van der Waals surface area contributed by atoms with Crippen LogP contribution in [-0.2, 0) is 20.9 Å². The Labute approximate surface area is 193 Å². The lowest BCUT2D eigenvalue weighted by Gasteiger charge is -2.18. The van der Waals surface area contributed by atoms with Crippen molar-refractivity contribution >= 4 is 40.1 Å². The number of carbonyl (C=O) groups is 2. The van der Waals surface area contributed by atoms with Crippen molar-refractivity contribution < 1.29 is 14.3 Å². The standard InChI is InChI=1S/C24H19ClN4O4/c1-15-11-12-17(13-19(15)25)26-23(31)22(16-7-3-2-4-8-16)33-21(30)14-29-24(32)18-9-5-6-10-20(18)27-28-29/h2-13,22H,14H2,1H3,(H,26,31). The number of hydrogen-bond donors (Lipinski definition) is 1. The molecule has 9 heteroatoms. The zero-order valence-electron chi connectivity index (χ0n) is 17.6. The minimum Gasteiger partial charge on any atom is -0.446 e. The lowest BCUT2D eigenvalue weighted by Crippen LogP contribution is -2.31. The number of ether oxygens (including phenoxy) is 1. The highest BCUT2D eigenvalue weighted by Gasteiger charge is 2.26. The largest absolute Gasteiger partial charge is 0.446 e. The average Bonchev–Trinajstić information content (AvgIpc) is 2.82. The van der Waals surface area contributed by atoms with Crippen LogP contribution >= 0.6 is 11.6 Å². The number of hydrogen-bond acceptors (Lipinski definition) is 6. The quantitative estimate of drug-likeness (QED) is 0.438. The molecule has 0 aliphatic rings. The first kappa shape index (κ1) is 22.2. The molecule has 1 heterocycles. The number of aromatic nitrogens is 3. The predicted octanol–water partition coefficient (Wildman–Crippen LogP) is 3.68. The molecule has 33 heavy (non-hydrogen) atoms. The SMILES string of the molecule is Cc1ccc(NC(=O)C(OC(=O)Cn2nnc3ccccc3c2=O)c2ccccc2)cc1Cl. The minimum absolute atomic E-state index is 0.328. The Hall–Kier alpha value is -4.04. The van der Waals surface area contributed by atoms with Gasteiger partial charge in [0.1, 0.15) is 12.1 Å². The van der Waals surface area contributed by atoms with Crippen LogP contribution in [0.25, 0.3) is 10.9 Å². The van der Waals surface area contributed by atoms with E-state index in [-0.39, 0.29) is 0 Å². The van der Waals surface area contributed by atoms with Crippen LogP contribution in [0.2, 0.25) is 5.02 Å². The van der Waals surface area contributed by atoms with Crippen LogP contribution in [0, 0.1) is 6.92 Å². The predicted molar refractivity (Wildman–Crippen MR) is 124 cm³/mol. The molecular weight excluding hydrogens is 444 g/mol. The fourth-order valence-electron chi connectivity index (χ4n) is 3.20. The summed E-state index contributed by atoms with van der Waals surface area (Å²) in [6, 6.07) is 20.3. The lowest BCUT2D eigenvalue weighted by atomic mass is 10.1.